The Labute approximate surface area is 133 Å². The van der Waals surface area contributed by atoms with E-state index < -0.39 is 10.9 Å². The summed E-state index contributed by atoms with van der Waals surface area (Å²) in [5.41, 5.74) is 6.08. The van der Waals surface area contributed by atoms with Crippen LogP contribution in [0.4, 0.5) is 11.4 Å². The van der Waals surface area contributed by atoms with E-state index in [1.165, 1.54) is 19.2 Å². The summed E-state index contributed by atoms with van der Waals surface area (Å²) in [6.07, 6.45) is 1.56. The molecule has 1 fully saturated rings. The highest BCUT2D eigenvalue weighted by Gasteiger charge is 2.33. The minimum Gasteiger partial charge on any atom is -0.469 e. The third-order valence-electron chi connectivity index (χ3n) is 4.00. The van der Waals surface area contributed by atoms with Crippen LogP contribution in [0, 0.1) is 17.0 Å². The van der Waals surface area contributed by atoms with Crippen molar-refractivity contribution in [2.24, 2.45) is 0 Å². The number of nitrogen functional groups attached to an aromatic ring is 1. The van der Waals surface area contributed by atoms with Crippen LogP contribution >= 0.6 is 0 Å². The lowest BCUT2D eigenvalue weighted by atomic mass is 10.1. The summed E-state index contributed by atoms with van der Waals surface area (Å²) < 4.78 is 4.65. The summed E-state index contributed by atoms with van der Waals surface area (Å²) >= 11 is 0. The molecule has 1 heterocycles. The van der Waals surface area contributed by atoms with Gasteiger partial charge in [-0.3, -0.25) is 19.7 Å². The van der Waals surface area contributed by atoms with Gasteiger partial charge in [0, 0.05) is 18.7 Å². The van der Waals surface area contributed by atoms with Crippen LogP contribution in [0.1, 0.15) is 35.2 Å². The molecule has 0 unspecified atom stereocenters. The molecular weight excluding hydrogens is 302 g/mol. The smallest absolute Gasteiger partial charge is 0.307 e. The number of hydrogen-bond acceptors (Lipinski definition) is 6. The van der Waals surface area contributed by atoms with Gasteiger partial charge in [0.25, 0.3) is 11.6 Å². The molecule has 2 rings (SSSR count). The van der Waals surface area contributed by atoms with Crippen LogP contribution in [0.2, 0.25) is 0 Å². The van der Waals surface area contributed by atoms with Crippen molar-refractivity contribution >= 4 is 23.3 Å². The minimum atomic E-state index is -0.602. The Bertz CT molecular complexity index is 659. The van der Waals surface area contributed by atoms with Crippen LogP contribution in [0.5, 0.6) is 0 Å². The first kappa shape index (κ1) is 16.7. The summed E-state index contributed by atoms with van der Waals surface area (Å²) in [6.45, 7) is 2.15. The normalized spacial score (nSPS) is 17.1. The fourth-order valence-electron chi connectivity index (χ4n) is 2.85. The van der Waals surface area contributed by atoms with Crippen molar-refractivity contribution in [1.29, 1.82) is 0 Å². The number of benzene rings is 1. The van der Waals surface area contributed by atoms with Gasteiger partial charge >= 0.3 is 5.97 Å². The van der Waals surface area contributed by atoms with E-state index in [1.807, 2.05) is 0 Å². The average Bonchev–Trinajstić information content (AvgIpc) is 2.96. The number of hydrogen-bond donors (Lipinski definition) is 1. The Morgan fingerprint density at radius 3 is 2.78 bits per heavy atom. The molecular formula is C15H19N3O5. The number of nitrogens with two attached hydrogens (primary N) is 1. The second-order valence-electron chi connectivity index (χ2n) is 5.58. The molecule has 1 aromatic carbocycles. The fourth-order valence-corrected chi connectivity index (χ4v) is 2.85. The molecule has 0 radical (unpaired) electrons. The zero-order chi connectivity index (χ0) is 17.1. The zero-order valence-electron chi connectivity index (χ0n) is 13.1. The van der Waals surface area contributed by atoms with Gasteiger partial charge < -0.3 is 15.4 Å². The number of likely N-dealkylation sites (tertiary alicyclic amines) is 1. The van der Waals surface area contributed by atoms with E-state index in [0.717, 1.165) is 6.42 Å². The van der Waals surface area contributed by atoms with Gasteiger partial charge in [-0.15, -0.1) is 0 Å². The number of aryl methyl sites for hydroxylation is 1. The van der Waals surface area contributed by atoms with Gasteiger partial charge in [-0.2, -0.15) is 0 Å². The minimum absolute atomic E-state index is 0.105. The summed E-state index contributed by atoms with van der Waals surface area (Å²) in [5.74, 6) is -0.779. The van der Waals surface area contributed by atoms with Crippen molar-refractivity contribution in [3.63, 3.8) is 0 Å². The number of amides is 1. The zero-order valence-corrected chi connectivity index (χ0v) is 13.1. The van der Waals surface area contributed by atoms with Crippen molar-refractivity contribution in [3.8, 4) is 0 Å². The summed E-state index contributed by atoms with van der Waals surface area (Å²) in [7, 11) is 1.30. The first-order valence-electron chi connectivity index (χ1n) is 7.27. The molecule has 1 saturated heterocycles. The van der Waals surface area contributed by atoms with Gasteiger partial charge in [-0.1, -0.05) is 0 Å². The van der Waals surface area contributed by atoms with Crippen LogP contribution in [0.15, 0.2) is 12.1 Å². The maximum absolute atomic E-state index is 12.7. The molecule has 1 aliphatic heterocycles. The van der Waals surface area contributed by atoms with Crippen molar-refractivity contribution in [2.45, 2.75) is 32.2 Å². The number of nitrogens with zero attached hydrogens (tertiary/aromatic N) is 2. The SMILES string of the molecule is COC(=O)C[C@H]1CCCN1C(=O)c1cc(C)cc([N+](=O)[O-])c1N. The van der Waals surface area contributed by atoms with Crippen molar-refractivity contribution in [1.82, 2.24) is 4.90 Å². The highest BCUT2D eigenvalue weighted by Crippen LogP contribution is 2.30. The van der Waals surface area contributed by atoms with E-state index in [-0.39, 0.29) is 35.3 Å². The lowest BCUT2D eigenvalue weighted by Crippen LogP contribution is -2.37. The van der Waals surface area contributed by atoms with Gasteiger partial charge in [0.05, 0.1) is 24.0 Å². The lowest BCUT2D eigenvalue weighted by Gasteiger charge is -2.24. The molecule has 8 heteroatoms. The number of anilines is 1. The second kappa shape index (κ2) is 6.64. The molecule has 8 nitrogen and oxygen atoms in total. The molecule has 0 aromatic heterocycles. The number of carbonyl (C=O) groups excluding carboxylic acids is 2. The number of rotatable bonds is 4. The third kappa shape index (κ3) is 3.41. The predicted molar refractivity (Wildman–Crippen MR) is 82.9 cm³/mol. The summed E-state index contributed by atoms with van der Waals surface area (Å²) in [4.78, 5) is 36.2. The molecule has 124 valence electrons. The van der Waals surface area contributed by atoms with E-state index in [1.54, 1.807) is 11.8 Å². The summed E-state index contributed by atoms with van der Waals surface area (Å²) in [5, 5.41) is 11.1. The van der Waals surface area contributed by atoms with Crippen LogP contribution in [0.25, 0.3) is 0 Å². The first-order valence-corrected chi connectivity index (χ1v) is 7.27. The van der Waals surface area contributed by atoms with E-state index in [0.29, 0.717) is 18.5 Å². The van der Waals surface area contributed by atoms with Crippen LogP contribution in [-0.4, -0.2) is 41.4 Å². The topological polar surface area (TPSA) is 116 Å². The highest BCUT2D eigenvalue weighted by molar-refractivity contribution is 6.01. The summed E-state index contributed by atoms with van der Waals surface area (Å²) in [6, 6.07) is 2.61. The molecule has 0 aliphatic carbocycles. The Balaban J connectivity index is 2.33. The third-order valence-corrected chi connectivity index (χ3v) is 4.00. The van der Waals surface area contributed by atoms with Gasteiger partial charge in [0.15, 0.2) is 0 Å². The van der Waals surface area contributed by atoms with E-state index in [4.69, 9.17) is 5.73 Å². The molecule has 1 atom stereocenters. The molecule has 0 bridgehead atoms. The lowest BCUT2D eigenvalue weighted by molar-refractivity contribution is -0.384. The van der Waals surface area contributed by atoms with Gasteiger partial charge in [-0.25, -0.2) is 0 Å². The fraction of sp³-hybridized carbons (Fsp3) is 0.467. The van der Waals surface area contributed by atoms with Crippen molar-refractivity contribution in [3.05, 3.63) is 33.4 Å². The Morgan fingerprint density at radius 2 is 2.17 bits per heavy atom. The van der Waals surface area contributed by atoms with Crippen LogP contribution in [0.3, 0.4) is 0 Å². The maximum atomic E-state index is 12.7. The molecule has 1 aromatic rings. The number of ether oxygens (including phenoxy) is 1. The number of methoxy groups -OCH3 is 1. The van der Waals surface area contributed by atoms with Gasteiger partial charge in [0.1, 0.15) is 5.69 Å². The standard InChI is InChI=1S/C15H19N3O5/c1-9-6-11(14(16)12(7-9)18(21)22)15(20)17-5-3-4-10(17)8-13(19)23-2/h6-7,10H,3-5,8,16H2,1-2H3/t10-/m1/s1. The number of nitro groups is 1. The van der Waals surface area contributed by atoms with Gasteiger partial charge in [-0.05, 0) is 31.4 Å². The molecule has 1 amide bonds. The highest BCUT2D eigenvalue weighted by atomic mass is 16.6. The number of nitro benzene ring substituents is 1. The van der Waals surface area contributed by atoms with E-state index in [2.05, 4.69) is 4.74 Å². The van der Waals surface area contributed by atoms with Crippen molar-refractivity contribution < 1.29 is 19.2 Å². The average molecular weight is 321 g/mol. The largest absolute Gasteiger partial charge is 0.469 e. The van der Waals surface area contributed by atoms with Crippen LogP contribution in [-0.2, 0) is 9.53 Å². The maximum Gasteiger partial charge on any atom is 0.307 e. The van der Waals surface area contributed by atoms with Gasteiger partial charge in [0.2, 0.25) is 0 Å². The molecule has 0 spiro atoms. The Kier molecular flexibility index (Phi) is 4.83. The van der Waals surface area contributed by atoms with E-state index >= 15 is 0 Å². The number of carbonyl (C=O) groups is 2. The van der Waals surface area contributed by atoms with Crippen LogP contribution < -0.4 is 5.73 Å². The molecule has 0 saturated carbocycles. The first-order chi connectivity index (χ1) is 10.8. The second-order valence-corrected chi connectivity index (χ2v) is 5.58. The molecule has 1 aliphatic rings. The van der Waals surface area contributed by atoms with Crippen molar-refractivity contribution in [2.75, 3.05) is 19.4 Å². The molecule has 23 heavy (non-hydrogen) atoms. The molecule has 2 N–H and O–H groups in total. The Hall–Kier alpha value is -2.64. The number of esters is 1. The predicted octanol–water partition coefficient (Wildman–Crippen LogP) is 1.65. The van der Waals surface area contributed by atoms with E-state index in [9.17, 15) is 19.7 Å². The Morgan fingerprint density at radius 1 is 1.48 bits per heavy atom. The monoisotopic (exact) mass is 321 g/mol. The quantitative estimate of drug-likeness (QED) is 0.390.